The van der Waals surface area contributed by atoms with E-state index in [1.807, 2.05) is 55.5 Å². The van der Waals surface area contributed by atoms with Crippen molar-refractivity contribution in [2.75, 3.05) is 0 Å². The minimum Gasteiger partial charge on any atom is -0.346 e. The van der Waals surface area contributed by atoms with Gasteiger partial charge in [-0.25, -0.2) is 4.68 Å². The molecule has 7 heteroatoms. The van der Waals surface area contributed by atoms with Gasteiger partial charge in [0.1, 0.15) is 5.69 Å². The summed E-state index contributed by atoms with van der Waals surface area (Å²) in [5, 5.41) is 12.0. The molecule has 2 aromatic carbocycles. The lowest BCUT2D eigenvalue weighted by atomic mass is 10.1. The Labute approximate surface area is 173 Å². The summed E-state index contributed by atoms with van der Waals surface area (Å²) in [5.41, 5.74) is 4.53. The first-order chi connectivity index (χ1) is 14.1. The molecule has 2 aromatic heterocycles. The summed E-state index contributed by atoms with van der Waals surface area (Å²) in [4.78, 5) is 17.0. The topological polar surface area (TPSA) is 72.7 Å². The van der Waals surface area contributed by atoms with Crippen LogP contribution >= 0.6 is 11.6 Å². The van der Waals surface area contributed by atoms with Gasteiger partial charge in [0.25, 0.3) is 5.91 Å². The summed E-state index contributed by atoms with van der Waals surface area (Å²) >= 11 is 5.92. The average Bonchev–Trinajstić information content (AvgIpc) is 3.19. The van der Waals surface area contributed by atoms with Gasteiger partial charge in [-0.2, -0.15) is 0 Å². The number of benzene rings is 2. The third-order valence-electron chi connectivity index (χ3n) is 4.55. The molecular formula is C22H18ClN5O. The van der Waals surface area contributed by atoms with Gasteiger partial charge in [-0.1, -0.05) is 47.1 Å². The number of hydrogen-bond donors (Lipinski definition) is 1. The highest BCUT2D eigenvalue weighted by molar-refractivity contribution is 6.30. The Bertz CT molecular complexity index is 1140. The Morgan fingerprint density at radius 1 is 1.03 bits per heavy atom. The number of aromatic nitrogens is 4. The smallest absolute Gasteiger partial charge is 0.274 e. The van der Waals surface area contributed by atoms with E-state index >= 15 is 0 Å². The van der Waals surface area contributed by atoms with Crippen LogP contribution in [0.1, 0.15) is 21.6 Å². The molecule has 1 N–H and O–H groups in total. The highest BCUT2D eigenvalue weighted by atomic mass is 35.5. The predicted octanol–water partition coefficient (Wildman–Crippen LogP) is 4.22. The number of hydrogen-bond acceptors (Lipinski definition) is 4. The van der Waals surface area contributed by atoms with E-state index in [4.69, 9.17) is 11.6 Å². The number of nitrogens with one attached hydrogen (secondary N) is 1. The molecule has 0 unspecified atom stereocenters. The van der Waals surface area contributed by atoms with E-state index in [1.165, 1.54) is 0 Å². The van der Waals surface area contributed by atoms with E-state index in [1.54, 1.807) is 29.2 Å². The van der Waals surface area contributed by atoms with Crippen LogP contribution in [-0.2, 0) is 6.54 Å². The second kappa shape index (κ2) is 8.24. The van der Waals surface area contributed by atoms with Gasteiger partial charge < -0.3 is 5.32 Å². The van der Waals surface area contributed by atoms with Crippen molar-refractivity contribution >= 4 is 17.5 Å². The number of halogens is 1. The molecule has 0 radical (unpaired) electrons. The average molecular weight is 404 g/mol. The second-order valence-corrected chi connectivity index (χ2v) is 6.97. The van der Waals surface area contributed by atoms with Gasteiger partial charge in [0, 0.05) is 29.5 Å². The van der Waals surface area contributed by atoms with Crippen LogP contribution in [0.15, 0.2) is 73.1 Å². The second-order valence-electron chi connectivity index (χ2n) is 6.53. The van der Waals surface area contributed by atoms with Crippen LogP contribution < -0.4 is 5.32 Å². The van der Waals surface area contributed by atoms with Gasteiger partial charge >= 0.3 is 0 Å². The summed E-state index contributed by atoms with van der Waals surface area (Å²) in [7, 11) is 0. The first-order valence-corrected chi connectivity index (χ1v) is 9.46. The SMILES string of the molecule is Cc1ccccc1-n1nnc(C(=O)NCc2ccc(Cl)cc2)c1-c1ccncc1. The number of rotatable bonds is 5. The summed E-state index contributed by atoms with van der Waals surface area (Å²) in [6, 6.07) is 18.8. The fraction of sp³-hybridized carbons (Fsp3) is 0.0909. The van der Waals surface area contributed by atoms with E-state index in [0.29, 0.717) is 17.3 Å². The van der Waals surface area contributed by atoms with Gasteiger partial charge in [0.15, 0.2) is 5.69 Å². The quantitative estimate of drug-likeness (QED) is 0.541. The third kappa shape index (κ3) is 4.02. The zero-order valence-corrected chi connectivity index (χ0v) is 16.5. The molecule has 144 valence electrons. The van der Waals surface area contributed by atoms with Crippen LogP contribution in [0.5, 0.6) is 0 Å². The predicted molar refractivity (Wildman–Crippen MR) is 112 cm³/mol. The largest absolute Gasteiger partial charge is 0.346 e. The molecule has 0 aliphatic carbocycles. The van der Waals surface area contributed by atoms with Crippen molar-refractivity contribution in [3.63, 3.8) is 0 Å². The summed E-state index contributed by atoms with van der Waals surface area (Å²) in [6.45, 7) is 2.36. The lowest BCUT2D eigenvalue weighted by molar-refractivity contribution is 0.0946. The van der Waals surface area contributed by atoms with Crippen molar-refractivity contribution in [3.05, 3.63) is 94.9 Å². The van der Waals surface area contributed by atoms with E-state index < -0.39 is 0 Å². The Kier molecular flexibility index (Phi) is 5.35. The summed E-state index contributed by atoms with van der Waals surface area (Å²) in [5.74, 6) is -0.299. The van der Waals surface area contributed by atoms with Crippen LogP contribution in [0.3, 0.4) is 0 Å². The molecule has 0 spiro atoms. The number of carbonyl (C=O) groups excluding carboxylic acids is 1. The number of carbonyl (C=O) groups is 1. The highest BCUT2D eigenvalue weighted by Gasteiger charge is 2.22. The molecule has 2 heterocycles. The Hall–Kier alpha value is -3.51. The van der Waals surface area contributed by atoms with Gasteiger partial charge in [-0.05, 0) is 48.4 Å². The van der Waals surface area contributed by atoms with Gasteiger partial charge in [-0.15, -0.1) is 5.10 Å². The number of amides is 1. The molecule has 0 saturated heterocycles. The molecule has 4 rings (SSSR count). The molecule has 4 aromatic rings. The zero-order chi connectivity index (χ0) is 20.2. The molecule has 0 fully saturated rings. The van der Waals surface area contributed by atoms with E-state index in [9.17, 15) is 4.79 Å². The number of nitrogens with zero attached hydrogens (tertiary/aromatic N) is 4. The van der Waals surface area contributed by atoms with Gasteiger partial charge in [-0.3, -0.25) is 9.78 Å². The number of aryl methyl sites for hydroxylation is 1. The number of pyridine rings is 1. The van der Waals surface area contributed by atoms with E-state index in [2.05, 4.69) is 20.6 Å². The van der Waals surface area contributed by atoms with Crippen molar-refractivity contribution in [3.8, 4) is 16.9 Å². The van der Waals surface area contributed by atoms with Crippen molar-refractivity contribution in [2.24, 2.45) is 0 Å². The maximum atomic E-state index is 12.9. The molecule has 0 aliphatic rings. The number of para-hydroxylation sites is 1. The molecule has 0 atom stereocenters. The van der Waals surface area contributed by atoms with Crippen molar-refractivity contribution in [2.45, 2.75) is 13.5 Å². The van der Waals surface area contributed by atoms with Crippen molar-refractivity contribution in [1.29, 1.82) is 0 Å². The fourth-order valence-corrected chi connectivity index (χ4v) is 3.17. The van der Waals surface area contributed by atoms with E-state index in [0.717, 1.165) is 22.4 Å². The van der Waals surface area contributed by atoms with Crippen LogP contribution in [0.4, 0.5) is 0 Å². The molecule has 0 saturated carbocycles. The summed E-state index contributed by atoms with van der Waals surface area (Å²) in [6.07, 6.45) is 3.36. The molecule has 0 aliphatic heterocycles. The van der Waals surface area contributed by atoms with Gasteiger partial charge in [0.2, 0.25) is 0 Å². The van der Waals surface area contributed by atoms with Crippen molar-refractivity contribution < 1.29 is 4.79 Å². The highest BCUT2D eigenvalue weighted by Crippen LogP contribution is 2.26. The normalized spacial score (nSPS) is 10.7. The van der Waals surface area contributed by atoms with Crippen LogP contribution in [-0.4, -0.2) is 25.9 Å². The molecule has 0 bridgehead atoms. The Balaban J connectivity index is 1.70. The molecule has 1 amide bonds. The maximum absolute atomic E-state index is 12.9. The third-order valence-corrected chi connectivity index (χ3v) is 4.80. The minimum absolute atomic E-state index is 0.258. The van der Waals surface area contributed by atoms with Crippen LogP contribution in [0.2, 0.25) is 5.02 Å². The Morgan fingerprint density at radius 2 is 1.76 bits per heavy atom. The molecule has 29 heavy (non-hydrogen) atoms. The molecular weight excluding hydrogens is 386 g/mol. The minimum atomic E-state index is -0.299. The first kappa shape index (κ1) is 18.8. The lowest BCUT2D eigenvalue weighted by Crippen LogP contribution is -2.24. The Morgan fingerprint density at radius 3 is 2.48 bits per heavy atom. The van der Waals surface area contributed by atoms with Crippen LogP contribution in [0.25, 0.3) is 16.9 Å². The molecule has 6 nitrogen and oxygen atoms in total. The first-order valence-electron chi connectivity index (χ1n) is 9.08. The standard InChI is InChI=1S/C22H18ClN5O/c1-15-4-2-3-5-19(15)28-21(17-10-12-24-13-11-17)20(26-27-28)22(29)25-14-16-6-8-18(23)9-7-16/h2-13H,14H2,1H3,(H,25,29). The lowest BCUT2D eigenvalue weighted by Gasteiger charge is -2.10. The zero-order valence-electron chi connectivity index (χ0n) is 15.7. The van der Waals surface area contributed by atoms with E-state index in [-0.39, 0.29) is 11.6 Å². The van der Waals surface area contributed by atoms with Crippen molar-refractivity contribution in [1.82, 2.24) is 25.3 Å². The maximum Gasteiger partial charge on any atom is 0.274 e. The fourth-order valence-electron chi connectivity index (χ4n) is 3.04. The monoisotopic (exact) mass is 403 g/mol. The summed E-state index contributed by atoms with van der Waals surface area (Å²) < 4.78 is 1.70. The van der Waals surface area contributed by atoms with Crippen LogP contribution in [0, 0.1) is 6.92 Å². The van der Waals surface area contributed by atoms with Gasteiger partial charge in [0.05, 0.1) is 5.69 Å².